The van der Waals surface area contributed by atoms with Gasteiger partial charge in [0.15, 0.2) is 6.54 Å². The fraction of sp³-hybridized carbons (Fsp3) is 0.240. The first-order valence-corrected chi connectivity index (χ1v) is 10.2. The van der Waals surface area contributed by atoms with E-state index in [2.05, 4.69) is 53.6 Å². The molecule has 2 N–H and O–H groups in total. The quantitative estimate of drug-likeness (QED) is 0.378. The summed E-state index contributed by atoms with van der Waals surface area (Å²) in [6, 6.07) is 22.3. The molecule has 4 rings (SSSR count). The Kier molecular flexibility index (Phi) is 5.36. The maximum absolute atomic E-state index is 11.0. The number of aromatic nitrogens is 1. The molecular weight excluding hydrogens is 360 g/mol. The molecule has 0 aliphatic carbocycles. The Bertz CT molecular complexity index is 1110. The molecular formula is C25H27N2O2+. The summed E-state index contributed by atoms with van der Waals surface area (Å²) in [5.41, 5.74) is 4.96. The predicted molar refractivity (Wildman–Crippen MR) is 119 cm³/mol. The highest BCUT2D eigenvalue weighted by molar-refractivity contribution is 6.08. The molecule has 0 saturated carbocycles. The summed E-state index contributed by atoms with van der Waals surface area (Å²) in [6.07, 6.45) is 0. The van der Waals surface area contributed by atoms with Gasteiger partial charge in [-0.15, -0.1) is 0 Å². The van der Waals surface area contributed by atoms with Gasteiger partial charge in [-0.1, -0.05) is 24.3 Å². The number of hydrogen-bond donors (Lipinski definition) is 2. The Labute approximate surface area is 171 Å². The highest BCUT2D eigenvalue weighted by Gasteiger charge is 2.22. The summed E-state index contributed by atoms with van der Waals surface area (Å²) < 4.78 is 2.15. The summed E-state index contributed by atoms with van der Waals surface area (Å²) >= 11 is 0. The number of fused-ring (bicyclic) bond motifs is 2. The number of aromatic hydroxyl groups is 1. The second kappa shape index (κ2) is 8.10. The lowest BCUT2D eigenvalue weighted by molar-refractivity contribution is -0.646. The first kappa shape index (κ1) is 19.2. The van der Waals surface area contributed by atoms with Gasteiger partial charge in [-0.3, -0.25) is 0 Å². The normalized spacial score (nSPS) is 11.3. The van der Waals surface area contributed by atoms with Gasteiger partial charge in [-0.2, -0.15) is 4.57 Å². The third kappa shape index (κ3) is 3.30. The van der Waals surface area contributed by atoms with Crippen LogP contribution in [0.3, 0.4) is 0 Å². The number of rotatable bonds is 6. The van der Waals surface area contributed by atoms with Crippen molar-refractivity contribution in [2.45, 2.75) is 20.4 Å². The van der Waals surface area contributed by atoms with Crippen LogP contribution in [-0.4, -0.2) is 29.9 Å². The van der Waals surface area contributed by atoms with Crippen molar-refractivity contribution in [1.29, 1.82) is 0 Å². The molecule has 1 aromatic heterocycles. The lowest BCUT2D eigenvalue weighted by Crippen LogP contribution is -2.37. The van der Waals surface area contributed by atoms with E-state index in [-0.39, 0.29) is 12.4 Å². The van der Waals surface area contributed by atoms with E-state index in [0.29, 0.717) is 6.54 Å². The van der Waals surface area contributed by atoms with E-state index in [1.165, 1.54) is 0 Å². The van der Waals surface area contributed by atoms with E-state index in [4.69, 9.17) is 0 Å². The van der Waals surface area contributed by atoms with Crippen LogP contribution in [0, 0.1) is 0 Å². The Morgan fingerprint density at radius 3 is 1.93 bits per heavy atom. The van der Waals surface area contributed by atoms with Gasteiger partial charge in [0, 0.05) is 48.1 Å². The summed E-state index contributed by atoms with van der Waals surface area (Å²) in [5.74, 6) is 0.282. The van der Waals surface area contributed by atoms with Gasteiger partial charge in [0.1, 0.15) is 12.4 Å². The molecule has 29 heavy (non-hydrogen) atoms. The van der Waals surface area contributed by atoms with Gasteiger partial charge in [0.05, 0.1) is 10.8 Å². The molecule has 0 aliphatic rings. The smallest absolute Gasteiger partial charge is 0.213 e. The summed E-state index contributed by atoms with van der Waals surface area (Å²) in [6.45, 7) is 6.62. The Morgan fingerprint density at radius 2 is 1.41 bits per heavy atom. The molecule has 0 saturated heterocycles. The number of phenolic OH excluding ortho intramolecular Hbond substituents is 1. The third-order valence-corrected chi connectivity index (χ3v) is 5.63. The zero-order valence-corrected chi connectivity index (χ0v) is 17.0. The van der Waals surface area contributed by atoms with Crippen LogP contribution in [0.1, 0.15) is 13.8 Å². The number of hydrogen-bond acceptors (Lipinski definition) is 3. The lowest BCUT2D eigenvalue weighted by Gasteiger charge is -2.22. The number of aliphatic hydroxyl groups excluding tert-OH is 1. The highest BCUT2D eigenvalue weighted by atomic mass is 16.3. The van der Waals surface area contributed by atoms with Crippen molar-refractivity contribution in [2.24, 2.45) is 0 Å². The number of phenols is 1. The van der Waals surface area contributed by atoms with Gasteiger partial charge < -0.3 is 15.1 Å². The molecule has 0 unspecified atom stereocenters. The topological polar surface area (TPSA) is 47.6 Å². The summed E-state index contributed by atoms with van der Waals surface area (Å²) in [5, 5.41) is 22.8. The summed E-state index contributed by atoms with van der Waals surface area (Å²) in [4.78, 5) is 2.22. The van der Waals surface area contributed by atoms with Crippen LogP contribution in [0.5, 0.6) is 5.75 Å². The van der Waals surface area contributed by atoms with Crippen LogP contribution in [-0.2, 0) is 6.54 Å². The van der Waals surface area contributed by atoms with E-state index < -0.39 is 0 Å². The van der Waals surface area contributed by atoms with E-state index in [0.717, 1.165) is 51.7 Å². The Morgan fingerprint density at radius 1 is 0.828 bits per heavy atom. The van der Waals surface area contributed by atoms with Gasteiger partial charge in [0.2, 0.25) is 11.0 Å². The van der Waals surface area contributed by atoms with Crippen LogP contribution >= 0.6 is 0 Å². The SMILES string of the molecule is CCN(CC)c1ccc(-c2c3ccccc3[n+](CCO)c3ccccc23)c(O)c1. The number of pyridine rings is 1. The highest BCUT2D eigenvalue weighted by Crippen LogP contribution is 2.40. The molecule has 0 fully saturated rings. The van der Waals surface area contributed by atoms with Crippen molar-refractivity contribution >= 4 is 27.5 Å². The van der Waals surface area contributed by atoms with Crippen LogP contribution in [0.25, 0.3) is 32.9 Å². The number of para-hydroxylation sites is 2. The predicted octanol–water partition coefficient (Wildman–Crippen LogP) is 4.49. The first-order valence-electron chi connectivity index (χ1n) is 10.2. The molecule has 0 bridgehead atoms. The third-order valence-electron chi connectivity index (χ3n) is 5.63. The van der Waals surface area contributed by atoms with Crippen LogP contribution < -0.4 is 9.47 Å². The maximum atomic E-state index is 11.0. The Balaban J connectivity index is 2.05. The fourth-order valence-corrected chi connectivity index (χ4v) is 4.26. The van der Waals surface area contributed by atoms with Crippen molar-refractivity contribution in [3.05, 3.63) is 66.7 Å². The molecule has 4 nitrogen and oxygen atoms in total. The van der Waals surface area contributed by atoms with Crippen molar-refractivity contribution < 1.29 is 14.8 Å². The molecule has 0 radical (unpaired) electrons. The van der Waals surface area contributed by atoms with Crippen LogP contribution in [0.2, 0.25) is 0 Å². The summed E-state index contributed by atoms with van der Waals surface area (Å²) in [7, 11) is 0. The van der Waals surface area contributed by atoms with Crippen LogP contribution in [0.4, 0.5) is 5.69 Å². The molecule has 148 valence electrons. The minimum Gasteiger partial charge on any atom is -0.507 e. The molecule has 1 heterocycles. The van der Waals surface area contributed by atoms with Gasteiger partial charge in [0.25, 0.3) is 0 Å². The largest absolute Gasteiger partial charge is 0.507 e. The molecule has 3 aromatic carbocycles. The molecule has 4 heteroatoms. The first-order chi connectivity index (χ1) is 14.2. The van der Waals surface area contributed by atoms with Gasteiger partial charge in [-0.25, -0.2) is 0 Å². The van der Waals surface area contributed by atoms with Crippen LogP contribution in [0.15, 0.2) is 66.7 Å². The molecule has 0 atom stereocenters. The molecule has 0 amide bonds. The standard InChI is InChI=1S/C25H26N2O2/c1-3-26(4-2)18-13-14-21(24(29)17-18)25-19-9-5-7-11-22(19)27(15-16-28)23-12-8-6-10-20(23)25/h5-14,17,28H,3-4,15-16H2,1-2H3/p+1. The Hall–Kier alpha value is -3.11. The minimum absolute atomic E-state index is 0.0712. The minimum atomic E-state index is 0.0712. The van der Waals surface area contributed by atoms with Gasteiger partial charge in [-0.05, 0) is 38.1 Å². The van der Waals surface area contributed by atoms with Gasteiger partial charge >= 0.3 is 0 Å². The zero-order valence-electron chi connectivity index (χ0n) is 17.0. The average molecular weight is 388 g/mol. The fourth-order valence-electron chi connectivity index (χ4n) is 4.26. The number of benzene rings is 3. The molecule has 0 spiro atoms. The number of anilines is 1. The number of aliphatic hydroxyl groups is 1. The maximum Gasteiger partial charge on any atom is 0.213 e. The zero-order chi connectivity index (χ0) is 20.4. The van der Waals surface area contributed by atoms with Crippen molar-refractivity contribution in [3.8, 4) is 16.9 Å². The molecule has 4 aromatic rings. The van der Waals surface area contributed by atoms with Crippen molar-refractivity contribution in [2.75, 3.05) is 24.6 Å². The van der Waals surface area contributed by atoms with E-state index in [9.17, 15) is 10.2 Å². The van der Waals surface area contributed by atoms with E-state index in [1.807, 2.05) is 36.4 Å². The molecule has 0 aliphatic heterocycles. The lowest BCUT2D eigenvalue weighted by atomic mass is 9.94. The van der Waals surface area contributed by atoms with E-state index in [1.54, 1.807) is 0 Å². The number of nitrogens with zero attached hydrogens (tertiary/aromatic N) is 2. The average Bonchev–Trinajstić information content (AvgIpc) is 2.75. The van der Waals surface area contributed by atoms with Crippen molar-refractivity contribution in [1.82, 2.24) is 0 Å². The second-order valence-corrected chi connectivity index (χ2v) is 7.16. The van der Waals surface area contributed by atoms with E-state index >= 15 is 0 Å². The van der Waals surface area contributed by atoms with Crippen molar-refractivity contribution in [3.63, 3.8) is 0 Å². The monoisotopic (exact) mass is 387 g/mol. The second-order valence-electron chi connectivity index (χ2n) is 7.16.